The molecule has 0 aliphatic rings. The van der Waals surface area contributed by atoms with E-state index in [2.05, 4.69) is 58.4 Å². The van der Waals surface area contributed by atoms with Crippen LogP contribution in [0.25, 0.3) is 21.8 Å². The van der Waals surface area contributed by atoms with E-state index in [4.69, 9.17) is 4.74 Å². The molecule has 4 aromatic rings. The Labute approximate surface area is 159 Å². The van der Waals surface area contributed by atoms with Gasteiger partial charge >= 0.3 is 0 Å². The van der Waals surface area contributed by atoms with E-state index in [1.807, 2.05) is 30.9 Å². The maximum absolute atomic E-state index is 5.30. The zero-order valence-corrected chi connectivity index (χ0v) is 16.2. The smallest absolute Gasteiger partial charge is 0.157 e. The third kappa shape index (κ3) is 3.51. The highest BCUT2D eigenvalue weighted by atomic mass is 16.5. The van der Waals surface area contributed by atoms with Gasteiger partial charge in [-0.2, -0.15) is 5.10 Å². The number of benzene rings is 2. The molecule has 0 atom stereocenters. The lowest BCUT2D eigenvalue weighted by molar-refractivity contribution is 0.319. The second kappa shape index (κ2) is 7.00. The van der Waals surface area contributed by atoms with Gasteiger partial charge in [0.25, 0.3) is 0 Å². The van der Waals surface area contributed by atoms with Crippen LogP contribution < -0.4 is 4.74 Å². The quantitative estimate of drug-likeness (QED) is 0.538. The first kappa shape index (κ1) is 17.5. The molecule has 2 aromatic carbocycles. The molecule has 0 radical (unpaired) electrons. The van der Waals surface area contributed by atoms with Crippen LogP contribution in [0.5, 0.6) is 5.75 Å². The molecule has 0 amide bonds. The highest BCUT2D eigenvalue weighted by Crippen LogP contribution is 2.23. The SMILES string of the molecule is COc1ccc2cc(CN(C)Cc3cnc4c(c3)c(C)nn4C)ccc2c1. The molecule has 4 rings (SSSR count). The lowest BCUT2D eigenvalue weighted by Crippen LogP contribution is -2.17. The molecule has 5 heteroatoms. The Morgan fingerprint density at radius 1 is 1.00 bits per heavy atom. The van der Waals surface area contributed by atoms with E-state index >= 15 is 0 Å². The molecular formula is C22H24N4O. The fraction of sp³-hybridized carbons (Fsp3) is 0.273. The summed E-state index contributed by atoms with van der Waals surface area (Å²) in [6.45, 7) is 3.76. The van der Waals surface area contributed by atoms with E-state index in [0.717, 1.165) is 35.6 Å². The molecule has 0 spiro atoms. The van der Waals surface area contributed by atoms with E-state index in [0.29, 0.717) is 0 Å². The zero-order chi connectivity index (χ0) is 19.0. The van der Waals surface area contributed by atoms with Gasteiger partial charge in [-0.1, -0.05) is 18.2 Å². The van der Waals surface area contributed by atoms with Crippen LogP contribution in [0.15, 0.2) is 48.7 Å². The van der Waals surface area contributed by atoms with Crippen LogP contribution in [-0.4, -0.2) is 33.8 Å². The monoisotopic (exact) mass is 360 g/mol. The van der Waals surface area contributed by atoms with Crippen molar-refractivity contribution < 1.29 is 4.74 Å². The summed E-state index contributed by atoms with van der Waals surface area (Å²) in [6, 6.07) is 15.0. The first-order chi connectivity index (χ1) is 13.0. The number of ether oxygens (including phenoxy) is 1. The van der Waals surface area contributed by atoms with Gasteiger partial charge in [0.05, 0.1) is 12.8 Å². The summed E-state index contributed by atoms with van der Waals surface area (Å²) >= 11 is 0. The highest BCUT2D eigenvalue weighted by Gasteiger charge is 2.09. The van der Waals surface area contributed by atoms with Gasteiger partial charge in [0, 0.05) is 31.7 Å². The van der Waals surface area contributed by atoms with Crippen LogP contribution in [0.3, 0.4) is 0 Å². The Morgan fingerprint density at radius 2 is 1.74 bits per heavy atom. The number of methoxy groups -OCH3 is 1. The number of rotatable bonds is 5. The molecule has 2 heterocycles. The predicted molar refractivity (Wildman–Crippen MR) is 109 cm³/mol. The summed E-state index contributed by atoms with van der Waals surface area (Å²) in [5, 5.41) is 8.01. The van der Waals surface area contributed by atoms with Crippen molar-refractivity contribution in [3.05, 3.63) is 65.5 Å². The minimum atomic E-state index is 0.845. The maximum atomic E-state index is 5.30. The van der Waals surface area contributed by atoms with Gasteiger partial charge in [-0.3, -0.25) is 9.58 Å². The Morgan fingerprint density at radius 3 is 2.56 bits per heavy atom. The van der Waals surface area contributed by atoms with Crippen molar-refractivity contribution in [2.45, 2.75) is 20.0 Å². The summed E-state index contributed by atoms with van der Waals surface area (Å²) in [6.07, 6.45) is 1.95. The molecule has 5 nitrogen and oxygen atoms in total. The van der Waals surface area contributed by atoms with Gasteiger partial charge in [-0.05, 0) is 60.1 Å². The van der Waals surface area contributed by atoms with Crippen molar-refractivity contribution in [3.8, 4) is 5.75 Å². The van der Waals surface area contributed by atoms with Crippen LogP contribution >= 0.6 is 0 Å². The van der Waals surface area contributed by atoms with E-state index in [9.17, 15) is 0 Å². The van der Waals surface area contributed by atoms with Crippen LogP contribution in [-0.2, 0) is 20.1 Å². The van der Waals surface area contributed by atoms with Crippen molar-refractivity contribution in [1.29, 1.82) is 0 Å². The second-order valence-corrected chi connectivity index (χ2v) is 7.14. The number of fused-ring (bicyclic) bond motifs is 2. The number of nitrogens with zero attached hydrogens (tertiary/aromatic N) is 4. The predicted octanol–water partition coefficient (Wildman–Crippen LogP) is 4.07. The molecule has 0 saturated carbocycles. The first-order valence-corrected chi connectivity index (χ1v) is 9.07. The highest BCUT2D eigenvalue weighted by molar-refractivity contribution is 5.84. The largest absolute Gasteiger partial charge is 0.497 e. The van der Waals surface area contributed by atoms with Gasteiger partial charge in [-0.25, -0.2) is 4.98 Å². The van der Waals surface area contributed by atoms with Crippen LogP contribution in [0, 0.1) is 6.92 Å². The number of hydrogen-bond donors (Lipinski definition) is 0. The molecule has 0 N–H and O–H groups in total. The molecule has 0 saturated heterocycles. The average Bonchev–Trinajstić information content (AvgIpc) is 2.94. The molecule has 0 unspecified atom stereocenters. The van der Waals surface area contributed by atoms with Crippen molar-refractivity contribution >= 4 is 21.8 Å². The minimum absolute atomic E-state index is 0.845. The minimum Gasteiger partial charge on any atom is -0.497 e. The Kier molecular flexibility index (Phi) is 4.54. The van der Waals surface area contributed by atoms with Crippen molar-refractivity contribution in [2.24, 2.45) is 7.05 Å². The van der Waals surface area contributed by atoms with Crippen LogP contribution in [0.4, 0.5) is 0 Å². The second-order valence-electron chi connectivity index (χ2n) is 7.14. The Hall–Kier alpha value is -2.92. The standard InChI is InChI=1S/C22H24N4O/c1-15-21-10-17(12-23-22(21)26(3)24-15)14-25(2)13-16-5-6-19-11-20(27-4)8-7-18(19)9-16/h5-12H,13-14H2,1-4H3. The van der Waals surface area contributed by atoms with E-state index in [1.165, 1.54) is 21.9 Å². The normalized spacial score (nSPS) is 11.6. The number of hydrogen-bond acceptors (Lipinski definition) is 4. The number of pyridine rings is 1. The number of aryl methyl sites for hydroxylation is 2. The summed E-state index contributed by atoms with van der Waals surface area (Å²) < 4.78 is 7.14. The molecule has 0 aliphatic carbocycles. The molecule has 0 fully saturated rings. The molecule has 2 aromatic heterocycles. The summed E-state index contributed by atoms with van der Waals surface area (Å²) in [7, 11) is 5.77. The van der Waals surface area contributed by atoms with Crippen LogP contribution in [0.1, 0.15) is 16.8 Å². The molecule has 138 valence electrons. The van der Waals surface area contributed by atoms with E-state index in [1.54, 1.807) is 7.11 Å². The average molecular weight is 360 g/mol. The number of aromatic nitrogens is 3. The van der Waals surface area contributed by atoms with Crippen molar-refractivity contribution in [1.82, 2.24) is 19.7 Å². The molecule has 0 bridgehead atoms. The zero-order valence-electron chi connectivity index (χ0n) is 16.2. The third-order valence-corrected chi connectivity index (χ3v) is 4.94. The van der Waals surface area contributed by atoms with E-state index < -0.39 is 0 Å². The van der Waals surface area contributed by atoms with Gasteiger partial charge in [0.2, 0.25) is 0 Å². The Balaban J connectivity index is 1.51. The summed E-state index contributed by atoms with van der Waals surface area (Å²) in [5.41, 5.74) is 4.45. The molecule has 27 heavy (non-hydrogen) atoms. The van der Waals surface area contributed by atoms with Crippen molar-refractivity contribution in [2.75, 3.05) is 14.2 Å². The van der Waals surface area contributed by atoms with Gasteiger partial charge < -0.3 is 4.74 Å². The van der Waals surface area contributed by atoms with Gasteiger partial charge in [0.1, 0.15) is 5.75 Å². The van der Waals surface area contributed by atoms with E-state index in [-0.39, 0.29) is 0 Å². The lowest BCUT2D eigenvalue weighted by atomic mass is 10.1. The topological polar surface area (TPSA) is 43.2 Å². The summed E-state index contributed by atoms with van der Waals surface area (Å²) in [5.74, 6) is 0.890. The van der Waals surface area contributed by atoms with Crippen molar-refractivity contribution in [3.63, 3.8) is 0 Å². The Bertz CT molecular complexity index is 1120. The molecular weight excluding hydrogens is 336 g/mol. The fourth-order valence-electron chi connectivity index (χ4n) is 3.62. The van der Waals surface area contributed by atoms with Gasteiger partial charge in [0.15, 0.2) is 5.65 Å². The summed E-state index contributed by atoms with van der Waals surface area (Å²) in [4.78, 5) is 6.89. The molecule has 0 aliphatic heterocycles. The van der Waals surface area contributed by atoms with Gasteiger partial charge in [-0.15, -0.1) is 0 Å². The maximum Gasteiger partial charge on any atom is 0.157 e. The third-order valence-electron chi connectivity index (χ3n) is 4.94. The van der Waals surface area contributed by atoms with Crippen LogP contribution in [0.2, 0.25) is 0 Å². The lowest BCUT2D eigenvalue weighted by Gasteiger charge is -2.17. The first-order valence-electron chi connectivity index (χ1n) is 9.07. The fourth-order valence-corrected chi connectivity index (χ4v) is 3.62.